The van der Waals surface area contributed by atoms with Gasteiger partial charge in [-0.05, 0) is 25.7 Å². The predicted molar refractivity (Wildman–Crippen MR) is 75.5 cm³/mol. The number of nitrogens with one attached hydrogen (secondary N) is 1. The van der Waals surface area contributed by atoms with E-state index in [9.17, 15) is 9.90 Å². The Balaban J connectivity index is 1.85. The molecular weight excluding hydrogens is 240 g/mol. The number of rotatable bonds is 4. The van der Waals surface area contributed by atoms with Gasteiger partial charge in [0.05, 0.1) is 12.5 Å². The van der Waals surface area contributed by atoms with Crippen molar-refractivity contribution < 1.29 is 9.90 Å². The SMILES string of the molecule is NC1CCCCCC1C(=O)NCC1(CO)CCCC1. The van der Waals surface area contributed by atoms with Gasteiger partial charge in [0.25, 0.3) is 0 Å². The van der Waals surface area contributed by atoms with Crippen molar-refractivity contribution in [1.82, 2.24) is 5.32 Å². The van der Waals surface area contributed by atoms with Gasteiger partial charge in [0.2, 0.25) is 5.91 Å². The molecule has 0 bridgehead atoms. The fraction of sp³-hybridized carbons (Fsp3) is 0.933. The van der Waals surface area contributed by atoms with Crippen molar-refractivity contribution in [2.24, 2.45) is 17.1 Å². The van der Waals surface area contributed by atoms with Gasteiger partial charge in [-0.1, -0.05) is 32.1 Å². The average molecular weight is 268 g/mol. The van der Waals surface area contributed by atoms with Crippen LogP contribution in [0.15, 0.2) is 0 Å². The van der Waals surface area contributed by atoms with Crippen molar-refractivity contribution in [2.45, 2.75) is 63.8 Å². The van der Waals surface area contributed by atoms with E-state index in [1.54, 1.807) is 0 Å². The van der Waals surface area contributed by atoms with E-state index in [2.05, 4.69) is 5.32 Å². The first kappa shape index (κ1) is 14.8. The molecule has 4 nitrogen and oxygen atoms in total. The van der Waals surface area contributed by atoms with Crippen molar-refractivity contribution >= 4 is 5.91 Å². The first-order valence-corrected chi connectivity index (χ1v) is 7.81. The molecule has 110 valence electrons. The number of aliphatic hydroxyl groups excluding tert-OH is 1. The van der Waals surface area contributed by atoms with Crippen LogP contribution < -0.4 is 11.1 Å². The monoisotopic (exact) mass is 268 g/mol. The van der Waals surface area contributed by atoms with Crippen LogP contribution in [0.1, 0.15) is 57.8 Å². The van der Waals surface area contributed by atoms with E-state index >= 15 is 0 Å². The molecule has 19 heavy (non-hydrogen) atoms. The molecule has 0 aliphatic heterocycles. The summed E-state index contributed by atoms with van der Waals surface area (Å²) in [6.45, 7) is 0.801. The van der Waals surface area contributed by atoms with Crippen LogP contribution in [-0.2, 0) is 4.79 Å². The van der Waals surface area contributed by atoms with Crippen molar-refractivity contribution in [3.05, 3.63) is 0 Å². The second-order valence-electron chi connectivity index (χ2n) is 6.49. The molecule has 0 heterocycles. The minimum Gasteiger partial charge on any atom is -0.396 e. The lowest BCUT2D eigenvalue weighted by Crippen LogP contribution is -2.45. The van der Waals surface area contributed by atoms with E-state index in [1.807, 2.05) is 0 Å². The maximum atomic E-state index is 12.3. The minimum absolute atomic E-state index is 0.0103. The Kier molecular flexibility index (Phi) is 5.22. The smallest absolute Gasteiger partial charge is 0.224 e. The maximum Gasteiger partial charge on any atom is 0.224 e. The molecule has 2 aliphatic carbocycles. The summed E-state index contributed by atoms with van der Waals surface area (Å²) in [6.07, 6.45) is 9.71. The Morgan fingerprint density at radius 2 is 1.84 bits per heavy atom. The summed E-state index contributed by atoms with van der Waals surface area (Å²) in [4.78, 5) is 12.3. The van der Waals surface area contributed by atoms with E-state index in [1.165, 1.54) is 19.3 Å². The molecule has 2 atom stereocenters. The molecule has 0 aromatic carbocycles. The molecule has 0 aromatic rings. The van der Waals surface area contributed by atoms with Crippen LogP contribution in [0.3, 0.4) is 0 Å². The van der Waals surface area contributed by atoms with Gasteiger partial charge >= 0.3 is 0 Å². The second kappa shape index (κ2) is 6.71. The number of hydrogen-bond donors (Lipinski definition) is 3. The van der Waals surface area contributed by atoms with Crippen LogP contribution >= 0.6 is 0 Å². The van der Waals surface area contributed by atoms with Crippen molar-refractivity contribution in [1.29, 1.82) is 0 Å². The molecule has 1 amide bonds. The van der Waals surface area contributed by atoms with Gasteiger partial charge in [0.1, 0.15) is 0 Å². The number of carbonyl (C=O) groups is 1. The average Bonchev–Trinajstić information content (AvgIpc) is 2.79. The van der Waals surface area contributed by atoms with E-state index in [0.717, 1.165) is 38.5 Å². The zero-order valence-corrected chi connectivity index (χ0v) is 11.9. The van der Waals surface area contributed by atoms with Crippen molar-refractivity contribution in [3.8, 4) is 0 Å². The summed E-state index contributed by atoms with van der Waals surface area (Å²) in [6, 6.07) is 0.0103. The van der Waals surface area contributed by atoms with Gasteiger partial charge in [-0.25, -0.2) is 0 Å². The predicted octanol–water partition coefficient (Wildman–Crippen LogP) is 1.56. The third-order valence-electron chi connectivity index (χ3n) is 5.04. The number of hydrogen-bond acceptors (Lipinski definition) is 3. The fourth-order valence-electron chi connectivity index (χ4n) is 3.58. The number of amides is 1. The minimum atomic E-state index is -0.0650. The summed E-state index contributed by atoms with van der Waals surface area (Å²) in [5, 5.41) is 12.6. The van der Waals surface area contributed by atoms with Crippen LogP contribution in [0.5, 0.6) is 0 Å². The molecule has 0 aromatic heterocycles. The third kappa shape index (κ3) is 3.69. The van der Waals surface area contributed by atoms with Crippen LogP contribution in [0.4, 0.5) is 0 Å². The highest BCUT2D eigenvalue weighted by atomic mass is 16.3. The van der Waals surface area contributed by atoms with Gasteiger partial charge in [-0.15, -0.1) is 0 Å². The van der Waals surface area contributed by atoms with Crippen LogP contribution in [0, 0.1) is 11.3 Å². The number of nitrogens with two attached hydrogens (primary N) is 1. The second-order valence-corrected chi connectivity index (χ2v) is 6.49. The molecule has 2 aliphatic rings. The highest BCUT2D eigenvalue weighted by Gasteiger charge is 2.35. The van der Waals surface area contributed by atoms with Gasteiger partial charge in [0, 0.05) is 18.0 Å². The Morgan fingerprint density at radius 3 is 2.53 bits per heavy atom. The molecule has 0 saturated heterocycles. The van der Waals surface area contributed by atoms with Gasteiger partial charge in [-0.2, -0.15) is 0 Å². The molecule has 2 rings (SSSR count). The topological polar surface area (TPSA) is 75.4 Å². The molecule has 4 heteroatoms. The summed E-state index contributed by atoms with van der Waals surface area (Å²) in [5.41, 5.74) is 6.05. The first-order chi connectivity index (χ1) is 9.17. The normalized spacial score (nSPS) is 30.8. The third-order valence-corrected chi connectivity index (χ3v) is 5.04. The largest absolute Gasteiger partial charge is 0.396 e. The summed E-state index contributed by atoms with van der Waals surface area (Å²) in [5.74, 6) is 0.0776. The molecule has 0 radical (unpaired) electrons. The van der Waals surface area contributed by atoms with Crippen molar-refractivity contribution in [2.75, 3.05) is 13.2 Å². The lowest BCUT2D eigenvalue weighted by Gasteiger charge is -2.28. The Bertz CT molecular complexity index is 301. The Morgan fingerprint density at radius 1 is 1.16 bits per heavy atom. The maximum absolute atomic E-state index is 12.3. The fourth-order valence-corrected chi connectivity index (χ4v) is 3.58. The summed E-state index contributed by atoms with van der Waals surface area (Å²) in [7, 11) is 0. The molecule has 2 unspecified atom stereocenters. The zero-order chi connectivity index (χ0) is 13.7. The van der Waals surface area contributed by atoms with Gasteiger partial charge < -0.3 is 16.2 Å². The van der Waals surface area contributed by atoms with Gasteiger partial charge in [0.15, 0.2) is 0 Å². The number of carbonyl (C=O) groups excluding carboxylic acids is 1. The summed E-state index contributed by atoms with van der Waals surface area (Å²) < 4.78 is 0. The lowest BCUT2D eigenvalue weighted by molar-refractivity contribution is -0.126. The van der Waals surface area contributed by atoms with Crippen LogP contribution in [0.2, 0.25) is 0 Å². The molecule has 2 fully saturated rings. The standard InChI is InChI=1S/C15H28N2O2/c16-13-7-3-1-2-6-12(13)14(19)17-10-15(11-18)8-4-5-9-15/h12-13,18H,1-11,16H2,(H,17,19). The Labute approximate surface area is 116 Å². The van der Waals surface area contributed by atoms with Crippen LogP contribution in [0.25, 0.3) is 0 Å². The lowest BCUT2D eigenvalue weighted by atomic mass is 9.86. The van der Waals surface area contributed by atoms with E-state index in [-0.39, 0.29) is 29.9 Å². The first-order valence-electron chi connectivity index (χ1n) is 7.81. The molecule has 2 saturated carbocycles. The van der Waals surface area contributed by atoms with E-state index in [4.69, 9.17) is 5.73 Å². The van der Waals surface area contributed by atoms with E-state index in [0.29, 0.717) is 6.54 Å². The molecule has 4 N–H and O–H groups in total. The highest BCUT2D eigenvalue weighted by molar-refractivity contribution is 5.79. The quantitative estimate of drug-likeness (QED) is 0.677. The summed E-state index contributed by atoms with van der Waals surface area (Å²) >= 11 is 0. The van der Waals surface area contributed by atoms with Crippen LogP contribution in [-0.4, -0.2) is 30.2 Å². The molecular formula is C15H28N2O2. The molecule has 0 spiro atoms. The van der Waals surface area contributed by atoms with Gasteiger partial charge in [-0.3, -0.25) is 4.79 Å². The van der Waals surface area contributed by atoms with Crippen molar-refractivity contribution in [3.63, 3.8) is 0 Å². The highest BCUT2D eigenvalue weighted by Crippen LogP contribution is 2.37. The Hall–Kier alpha value is -0.610. The zero-order valence-electron chi connectivity index (χ0n) is 11.9. The van der Waals surface area contributed by atoms with E-state index < -0.39 is 0 Å². The number of aliphatic hydroxyl groups is 1.